The Morgan fingerprint density at radius 2 is 1.56 bits per heavy atom. The Kier molecular flexibility index (Phi) is 9.60. The highest BCUT2D eigenvalue weighted by atomic mass is 35.5. The summed E-state index contributed by atoms with van der Waals surface area (Å²) in [5.41, 5.74) is 1.25. The molecule has 12 heteroatoms. The Morgan fingerprint density at radius 1 is 0.911 bits per heavy atom. The summed E-state index contributed by atoms with van der Waals surface area (Å²) in [6.45, 7) is 11.1. The highest BCUT2D eigenvalue weighted by Gasteiger charge is 2.34. The van der Waals surface area contributed by atoms with Gasteiger partial charge >= 0.3 is 6.36 Å². The van der Waals surface area contributed by atoms with Gasteiger partial charge in [0.15, 0.2) is 9.84 Å². The van der Waals surface area contributed by atoms with Gasteiger partial charge in [-0.05, 0) is 90.4 Å². The largest absolute Gasteiger partial charge is 0.573 e. The SMILES string of the molecule is CC(C)COc1cc(OC(F)(F)F)cc(C(C)(C)c2cc(Cl)cc(NC(=O)c3cc4cc(C(C)(C)S(C)(=O)=O)ccc4s3)c2)c1. The summed E-state index contributed by atoms with van der Waals surface area (Å²) < 4.78 is 73.8. The number of nitrogens with one attached hydrogen (secondary N) is 1. The second-order valence-corrected chi connectivity index (χ2v) is 16.5. The maximum absolute atomic E-state index is 13.3. The van der Waals surface area contributed by atoms with Crippen molar-refractivity contribution in [3.63, 3.8) is 0 Å². The van der Waals surface area contributed by atoms with E-state index in [9.17, 15) is 26.4 Å². The third-order valence-corrected chi connectivity index (χ3v) is 11.1. The molecule has 0 spiro atoms. The first kappa shape index (κ1) is 34.6. The fourth-order valence-corrected chi connectivity index (χ4v) is 6.33. The van der Waals surface area contributed by atoms with Crippen LogP contribution in [-0.4, -0.2) is 33.5 Å². The molecule has 0 aliphatic rings. The second-order valence-electron chi connectivity index (χ2n) is 12.4. The molecule has 0 bridgehead atoms. The molecule has 0 saturated carbocycles. The first-order chi connectivity index (χ1) is 20.7. The van der Waals surface area contributed by atoms with E-state index in [1.807, 2.05) is 27.7 Å². The number of halogens is 4. The number of fused-ring (bicyclic) bond motifs is 1. The number of carbonyl (C=O) groups is 1. The summed E-state index contributed by atoms with van der Waals surface area (Å²) in [4.78, 5) is 13.7. The van der Waals surface area contributed by atoms with Crippen molar-refractivity contribution in [2.75, 3.05) is 18.2 Å². The molecule has 0 atom stereocenters. The zero-order valence-corrected chi connectivity index (χ0v) is 28.3. The third kappa shape index (κ3) is 8.12. The number of amides is 1. The molecule has 0 unspecified atom stereocenters. The molecule has 1 N–H and O–H groups in total. The maximum Gasteiger partial charge on any atom is 0.573 e. The number of hydrogen-bond donors (Lipinski definition) is 1. The summed E-state index contributed by atoms with van der Waals surface area (Å²) in [7, 11) is -3.39. The molecule has 1 amide bonds. The van der Waals surface area contributed by atoms with Crippen LogP contribution in [0.2, 0.25) is 5.02 Å². The van der Waals surface area contributed by atoms with E-state index in [1.54, 1.807) is 62.4 Å². The summed E-state index contributed by atoms with van der Waals surface area (Å²) in [6.07, 6.45) is -3.69. The first-order valence-corrected chi connectivity index (χ1v) is 17.1. The number of thiophene rings is 1. The van der Waals surface area contributed by atoms with Crippen molar-refractivity contribution >= 4 is 54.5 Å². The van der Waals surface area contributed by atoms with Crippen molar-refractivity contribution in [2.45, 2.75) is 58.1 Å². The van der Waals surface area contributed by atoms with E-state index in [1.165, 1.54) is 29.7 Å². The Labute approximate surface area is 270 Å². The van der Waals surface area contributed by atoms with Gasteiger partial charge in [-0.2, -0.15) is 0 Å². The summed E-state index contributed by atoms with van der Waals surface area (Å²) in [5, 5.41) is 3.93. The highest BCUT2D eigenvalue weighted by Crippen LogP contribution is 2.40. The normalized spacial score (nSPS) is 12.9. The van der Waals surface area contributed by atoms with Crippen molar-refractivity contribution in [3.05, 3.63) is 87.3 Å². The Morgan fingerprint density at radius 3 is 2.18 bits per heavy atom. The molecule has 1 heterocycles. The quantitative estimate of drug-likeness (QED) is 0.180. The molecular weight excluding hydrogens is 647 g/mol. The van der Waals surface area contributed by atoms with Crippen molar-refractivity contribution in [1.82, 2.24) is 0 Å². The number of benzene rings is 3. The number of anilines is 1. The lowest BCUT2D eigenvalue weighted by atomic mass is 9.78. The molecule has 3 aromatic carbocycles. The van der Waals surface area contributed by atoms with Gasteiger partial charge in [-0.25, -0.2) is 8.42 Å². The van der Waals surface area contributed by atoms with E-state index in [0.717, 1.165) is 10.1 Å². The molecule has 4 aromatic rings. The van der Waals surface area contributed by atoms with Crippen LogP contribution in [0.3, 0.4) is 0 Å². The molecule has 0 aliphatic carbocycles. The number of rotatable bonds is 10. The third-order valence-electron chi connectivity index (χ3n) is 7.66. The lowest BCUT2D eigenvalue weighted by Crippen LogP contribution is -2.27. The number of alkyl halides is 3. The lowest BCUT2D eigenvalue weighted by molar-refractivity contribution is -0.274. The number of hydrogen-bond acceptors (Lipinski definition) is 6. The van der Waals surface area contributed by atoms with Gasteiger partial charge in [-0.1, -0.05) is 45.4 Å². The van der Waals surface area contributed by atoms with Gasteiger partial charge in [-0.3, -0.25) is 4.79 Å². The molecule has 1 aromatic heterocycles. The number of carbonyl (C=O) groups excluding carboxylic acids is 1. The molecule has 4 rings (SSSR count). The number of ether oxygens (including phenoxy) is 2. The van der Waals surface area contributed by atoms with E-state index in [4.69, 9.17) is 16.3 Å². The zero-order valence-electron chi connectivity index (χ0n) is 25.9. The lowest BCUT2D eigenvalue weighted by Gasteiger charge is -2.28. The highest BCUT2D eigenvalue weighted by molar-refractivity contribution is 7.91. The van der Waals surface area contributed by atoms with Gasteiger partial charge in [-0.15, -0.1) is 24.5 Å². The maximum atomic E-state index is 13.3. The number of sulfone groups is 1. The van der Waals surface area contributed by atoms with Crippen molar-refractivity contribution in [2.24, 2.45) is 5.92 Å². The predicted molar refractivity (Wildman–Crippen MR) is 175 cm³/mol. The zero-order chi connectivity index (χ0) is 33.5. The van der Waals surface area contributed by atoms with E-state index >= 15 is 0 Å². The molecule has 242 valence electrons. The van der Waals surface area contributed by atoms with Crippen LogP contribution in [0, 0.1) is 5.92 Å². The standard InChI is InChI=1S/C33H35ClF3NO5S2/c1-19(2)18-42-26-14-23(15-27(17-26)43-33(35,36)37)31(3,4)22-12-24(34)16-25(13-22)38-30(39)29-11-20-10-21(8-9-28(20)44-29)32(5,6)45(7,40)41/h8-17,19H,18H2,1-7H3,(H,38,39). The molecule has 45 heavy (non-hydrogen) atoms. The topological polar surface area (TPSA) is 81.7 Å². The Balaban J connectivity index is 1.65. The van der Waals surface area contributed by atoms with Crippen LogP contribution in [0.5, 0.6) is 11.5 Å². The van der Waals surface area contributed by atoms with E-state index in [0.29, 0.717) is 38.9 Å². The molecule has 6 nitrogen and oxygen atoms in total. The molecule has 0 aliphatic heterocycles. The minimum Gasteiger partial charge on any atom is -0.493 e. The van der Waals surface area contributed by atoms with Gasteiger partial charge in [0.25, 0.3) is 5.91 Å². The van der Waals surface area contributed by atoms with E-state index < -0.39 is 38.0 Å². The minimum absolute atomic E-state index is 0.148. The van der Waals surface area contributed by atoms with Crippen molar-refractivity contribution in [1.29, 1.82) is 0 Å². The Bertz CT molecular complexity index is 1850. The average Bonchev–Trinajstić information content (AvgIpc) is 3.34. The van der Waals surface area contributed by atoms with Crippen LogP contribution in [0.1, 0.15) is 67.9 Å². The van der Waals surface area contributed by atoms with Crippen LogP contribution < -0.4 is 14.8 Å². The Hall–Kier alpha value is -3.28. The summed E-state index contributed by atoms with van der Waals surface area (Å²) in [5.74, 6) is -0.418. The van der Waals surface area contributed by atoms with Gasteiger partial charge < -0.3 is 14.8 Å². The average molecular weight is 682 g/mol. The van der Waals surface area contributed by atoms with E-state index in [2.05, 4.69) is 10.1 Å². The fourth-order valence-electron chi connectivity index (χ4n) is 4.60. The van der Waals surface area contributed by atoms with Crippen LogP contribution in [0.15, 0.2) is 60.7 Å². The minimum atomic E-state index is -4.89. The first-order valence-electron chi connectivity index (χ1n) is 14.1. The van der Waals surface area contributed by atoms with Gasteiger partial charge in [0, 0.05) is 33.1 Å². The molecule has 0 radical (unpaired) electrons. The van der Waals surface area contributed by atoms with Gasteiger partial charge in [0.05, 0.1) is 16.2 Å². The van der Waals surface area contributed by atoms with E-state index in [-0.39, 0.29) is 11.7 Å². The van der Waals surface area contributed by atoms with Gasteiger partial charge in [0.2, 0.25) is 0 Å². The van der Waals surface area contributed by atoms with Crippen molar-refractivity contribution < 1.29 is 35.9 Å². The molecule has 0 saturated heterocycles. The molecular formula is C33H35ClF3NO5S2. The second kappa shape index (κ2) is 12.5. The summed E-state index contributed by atoms with van der Waals surface area (Å²) >= 11 is 7.73. The predicted octanol–water partition coefficient (Wildman–Crippen LogP) is 9.35. The summed E-state index contributed by atoms with van der Waals surface area (Å²) in [6, 6.07) is 16.2. The smallest absolute Gasteiger partial charge is 0.493 e. The van der Waals surface area contributed by atoms with Gasteiger partial charge in [0.1, 0.15) is 11.5 Å². The molecule has 0 fully saturated rings. The van der Waals surface area contributed by atoms with Crippen LogP contribution in [0.25, 0.3) is 10.1 Å². The van der Waals surface area contributed by atoms with Crippen LogP contribution in [0.4, 0.5) is 18.9 Å². The van der Waals surface area contributed by atoms with Crippen LogP contribution in [-0.2, 0) is 20.0 Å². The van der Waals surface area contributed by atoms with Crippen LogP contribution >= 0.6 is 22.9 Å². The fraction of sp³-hybridized carbons (Fsp3) is 0.364. The monoisotopic (exact) mass is 681 g/mol. The van der Waals surface area contributed by atoms with Crippen molar-refractivity contribution in [3.8, 4) is 11.5 Å².